The van der Waals surface area contributed by atoms with Gasteiger partial charge >= 0.3 is 6.03 Å². The van der Waals surface area contributed by atoms with Crippen LogP contribution in [0.25, 0.3) is 0 Å². The predicted molar refractivity (Wildman–Crippen MR) is 127 cm³/mol. The molecule has 0 radical (unpaired) electrons. The number of carbonyl (C=O) groups excluding carboxylic acids is 2. The van der Waals surface area contributed by atoms with E-state index in [1.54, 1.807) is 41.4 Å². The van der Waals surface area contributed by atoms with Crippen LogP contribution < -0.4 is 9.80 Å². The number of amides is 3. The number of likely N-dealkylation sites (N-methyl/N-ethyl adjacent to an activating group) is 1. The van der Waals surface area contributed by atoms with Crippen LogP contribution in [-0.4, -0.2) is 52.7 Å². The molecule has 3 amide bonds. The van der Waals surface area contributed by atoms with E-state index in [1.807, 2.05) is 42.5 Å². The van der Waals surface area contributed by atoms with Crippen molar-refractivity contribution >= 4 is 29.0 Å². The predicted octanol–water partition coefficient (Wildman–Crippen LogP) is 3.84. The van der Waals surface area contributed by atoms with E-state index >= 15 is 4.39 Å². The number of urea groups is 1. The van der Waals surface area contributed by atoms with E-state index in [-0.39, 0.29) is 23.7 Å². The second kappa shape index (κ2) is 7.48. The number of benzene rings is 1. The number of hydrogen-bond donors (Lipinski definition) is 0. The Hall–Kier alpha value is -4.07. The monoisotopic (exact) mass is 455 g/mol. The number of aromatic nitrogens is 1. The van der Waals surface area contributed by atoms with Gasteiger partial charge in [-0.2, -0.15) is 0 Å². The summed E-state index contributed by atoms with van der Waals surface area (Å²) in [6.07, 6.45) is 14.2. The highest BCUT2D eigenvalue weighted by molar-refractivity contribution is 6.11. The topological polar surface area (TPSA) is 69.1 Å². The number of anilines is 2. The minimum absolute atomic E-state index is 0.0857. The van der Waals surface area contributed by atoms with E-state index in [9.17, 15) is 9.59 Å². The van der Waals surface area contributed by atoms with Crippen molar-refractivity contribution in [2.24, 2.45) is 4.99 Å². The van der Waals surface area contributed by atoms with E-state index in [0.29, 0.717) is 30.8 Å². The summed E-state index contributed by atoms with van der Waals surface area (Å²) >= 11 is 0. The van der Waals surface area contributed by atoms with Crippen LogP contribution in [-0.2, 0) is 4.79 Å². The maximum atomic E-state index is 15.3. The lowest BCUT2D eigenvalue weighted by Gasteiger charge is -2.41. The molecule has 34 heavy (non-hydrogen) atoms. The Bertz CT molecular complexity index is 1330. The first kappa shape index (κ1) is 20.5. The lowest BCUT2D eigenvalue weighted by molar-refractivity contribution is -0.117. The molecule has 2 atom stereocenters. The van der Waals surface area contributed by atoms with Crippen molar-refractivity contribution in [1.29, 1.82) is 0 Å². The number of dihydropyridines is 1. The zero-order valence-electron chi connectivity index (χ0n) is 18.6. The first-order valence-electron chi connectivity index (χ1n) is 11.2. The van der Waals surface area contributed by atoms with Crippen molar-refractivity contribution in [2.75, 3.05) is 23.4 Å². The Kier molecular flexibility index (Phi) is 4.52. The molecule has 3 aliphatic heterocycles. The van der Waals surface area contributed by atoms with Gasteiger partial charge in [-0.25, -0.2) is 14.2 Å². The minimum atomic E-state index is -0.913. The third-order valence-electron chi connectivity index (χ3n) is 6.94. The molecular formula is C26H22FN5O2. The lowest BCUT2D eigenvalue weighted by Crippen LogP contribution is -2.53. The number of aliphatic imine (C=N–C) groups is 1. The van der Waals surface area contributed by atoms with Gasteiger partial charge in [-0.05, 0) is 55.0 Å². The Labute approximate surface area is 196 Å². The fourth-order valence-electron chi connectivity index (χ4n) is 5.30. The summed E-state index contributed by atoms with van der Waals surface area (Å²) in [5.41, 5.74) is 2.06. The largest absolute Gasteiger partial charge is 0.326 e. The second-order valence-electron chi connectivity index (χ2n) is 8.79. The van der Waals surface area contributed by atoms with E-state index in [4.69, 9.17) is 4.99 Å². The standard InChI is InChI=1S/C26H22FN5O2/c1-30-23-7-2-6-22-26(23,12-11-20(29-22)17-5-3-13-28-16-17)32(25(30)34)18-9-10-21(19(27)15-18)31-14-4-8-24(31)33/h2-3,5-7,9-13,15-16,23H,4,8,14H2,1H3. The normalized spacial score (nSPS) is 25.5. The molecule has 170 valence electrons. The number of nitrogens with zero attached hydrogens (tertiary/aromatic N) is 5. The van der Waals surface area contributed by atoms with Crippen LogP contribution in [0.1, 0.15) is 18.4 Å². The molecule has 0 saturated carbocycles. The molecule has 2 fully saturated rings. The quantitative estimate of drug-likeness (QED) is 0.706. The van der Waals surface area contributed by atoms with Crippen molar-refractivity contribution in [3.05, 3.63) is 90.2 Å². The van der Waals surface area contributed by atoms with Gasteiger partial charge in [-0.3, -0.25) is 14.7 Å². The fourth-order valence-corrected chi connectivity index (χ4v) is 5.30. The second-order valence-corrected chi connectivity index (χ2v) is 8.79. The molecule has 2 aromatic rings. The van der Waals surface area contributed by atoms with E-state index in [1.165, 1.54) is 11.0 Å². The molecule has 0 N–H and O–H groups in total. The highest BCUT2D eigenvalue weighted by atomic mass is 19.1. The zero-order chi connectivity index (χ0) is 23.4. The van der Waals surface area contributed by atoms with Gasteiger partial charge in [0.25, 0.3) is 0 Å². The Morgan fingerprint density at radius 3 is 2.82 bits per heavy atom. The fraction of sp³-hybridized carbons (Fsp3) is 0.231. The van der Waals surface area contributed by atoms with Gasteiger partial charge in [0, 0.05) is 43.7 Å². The van der Waals surface area contributed by atoms with Crippen LogP contribution in [0.4, 0.5) is 20.6 Å². The smallest absolute Gasteiger partial charge is 0.318 e. The maximum Gasteiger partial charge on any atom is 0.326 e. The summed E-state index contributed by atoms with van der Waals surface area (Å²) < 4.78 is 15.3. The number of rotatable bonds is 3. The number of carbonyl (C=O) groups is 2. The van der Waals surface area contributed by atoms with Crippen molar-refractivity contribution in [3.8, 4) is 0 Å². The van der Waals surface area contributed by atoms with Crippen LogP contribution in [0.5, 0.6) is 0 Å². The zero-order valence-corrected chi connectivity index (χ0v) is 18.6. The van der Waals surface area contributed by atoms with Crippen molar-refractivity contribution < 1.29 is 14.0 Å². The van der Waals surface area contributed by atoms with Gasteiger partial charge in [0.15, 0.2) is 0 Å². The molecule has 1 aliphatic carbocycles. The third kappa shape index (κ3) is 2.81. The average Bonchev–Trinajstić information content (AvgIpc) is 3.37. The molecule has 6 rings (SSSR count). The van der Waals surface area contributed by atoms with Crippen LogP contribution in [0.15, 0.2) is 83.8 Å². The summed E-state index contributed by atoms with van der Waals surface area (Å²) in [6.45, 7) is 0.499. The van der Waals surface area contributed by atoms with E-state index < -0.39 is 11.4 Å². The molecule has 2 saturated heterocycles. The SMILES string of the molecule is CN1C(=O)N(c2ccc(N3CCCC3=O)c(F)c2)C23C=CC(c4cccnc4)=NC2=CC=CC13. The highest BCUT2D eigenvalue weighted by Crippen LogP contribution is 2.47. The van der Waals surface area contributed by atoms with Crippen LogP contribution in [0, 0.1) is 5.82 Å². The maximum absolute atomic E-state index is 15.3. The molecule has 7 nitrogen and oxygen atoms in total. The molecule has 2 unspecified atom stereocenters. The molecule has 0 bridgehead atoms. The van der Waals surface area contributed by atoms with Gasteiger partial charge in [0.05, 0.1) is 23.1 Å². The first-order valence-corrected chi connectivity index (χ1v) is 11.2. The summed E-state index contributed by atoms with van der Waals surface area (Å²) in [7, 11) is 1.74. The summed E-state index contributed by atoms with van der Waals surface area (Å²) in [6, 6.07) is 7.86. The first-order chi connectivity index (χ1) is 16.5. The average molecular weight is 455 g/mol. The molecule has 1 spiro atoms. The van der Waals surface area contributed by atoms with Gasteiger partial charge in [0.2, 0.25) is 5.91 Å². The molecular weight excluding hydrogens is 433 g/mol. The van der Waals surface area contributed by atoms with Crippen molar-refractivity contribution in [2.45, 2.75) is 24.4 Å². The third-order valence-corrected chi connectivity index (χ3v) is 6.94. The Morgan fingerprint density at radius 1 is 1.21 bits per heavy atom. The number of halogens is 1. The highest BCUT2D eigenvalue weighted by Gasteiger charge is 2.58. The Morgan fingerprint density at radius 2 is 2.09 bits per heavy atom. The van der Waals surface area contributed by atoms with Gasteiger partial charge in [-0.15, -0.1) is 0 Å². The lowest BCUT2D eigenvalue weighted by atomic mass is 9.80. The number of hydrogen-bond acceptors (Lipinski definition) is 4. The van der Waals surface area contributed by atoms with Crippen molar-refractivity contribution in [3.63, 3.8) is 0 Å². The molecule has 1 aromatic heterocycles. The summed E-state index contributed by atoms with van der Waals surface area (Å²) in [5.74, 6) is -0.614. The molecule has 1 aromatic carbocycles. The Balaban J connectivity index is 1.44. The van der Waals surface area contributed by atoms with Crippen LogP contribution >= 0.6 is 0 Å². The van der Waals surface area contributed by atoms with Crippen LogP contribution in [0.3, 0.4) is 0 Å². The van der Waals surface area contributed by atoms with Gasteiger partial charge in [0.1, 0.15) is 11.4 Å². The van der Waals surface area contributed by atoms with Crippen molar-refractivity contribution in [1.82, 2.24) is 9.88 Å². The molecule has 4 heterocycles. The minimum Gasteiger partial charge on any atom is -0.318 e. The summed E-state index contributed by atoms with van der Waals surface area (Å²) in [4.78, 5) is 39.4. The number of pyridine rings is 1. The molecule has 4 aliphatic rings. The summed E-state index contributed by atoms with van der Waals surface area (Å²) in [5, 5.41) is 0. The van der Waals surface area contributed by atoms with E-state index in [2.05, 4.69) is 4.98 Å². The van der Waals surface area contributed by atoms with Gasteiger partial charge in [-0.1, -0.05) is 12.2 Å². The van der Waals surface area contributed by atoms with Crippen LogP contribution in [0.2, 0.25) is 0 Å². The van der Waals surface area contributed by atoms with Gasteiger partial charge < -0.3 is 9.80 Å². The molecule has 8 heteroatoms. The van der Waals surface area contributed by atoms with E-state index in [0.717, 1.165) is 11.3 Å². The number of allylic oxidation sites excluding steroid dienone is 3.